The van der Waals surface area contributed by atoms with E-state index in [1.165, 1.54) is 0 Å². The van der Waals surface area contributed by atoms with Crippen molar-refractivity contribution in [2.24, 2.45) is 7.05 Å². The lowest BCUT2D eigenvalue weighted by molar-refractivity contribution is 0.295. The van der Waals surface area contributed by atoms with Crippen molar-refractivity contribution in [3.05, 3.63) is 47.3 Å². The summed E-state index contributed by atoms with van der Waals surface area (Å²) < 4.78 is 7.57. The topological polar surface area (TPSA) is 27.1 Å². The Hall–Kier alpha value is -1.92. The second-order valence-electron chi connectivity index (χ2n) is 4.15. The first-order valence-corrected chi connectivity index (χ1v) is 6.49. The van der Waals surface area contributed by atoms with Crippen LogP contribution in [0.5, 0.6) is 5.75 Å². The zero-order chi connectivity index (χ0) is 13.7. The molecule has 19 heavy (non-hydrogen) atoms. The van der Waals surface area contributed by atoms with Gasteiger partial charge in [0.05, 0.1) is 17.3 Å². The van der Waals surface area contributed by atoms with Crippen LogP contribution in [-0.4, -0.2) is 15.7 Å². The van der Waals surface area contributed by atoms with E-state index in [1.807, 2.05) is 49.0 Å². The van der Waals surface area contributed by atoms with E-state index in [0.717, 1.165) is 22.7 Å². The molecule has 0 unspecified atom stereocenters. The predicted molar refractivity (Wildman–Crippen MR) is 76.3 cm³/mol. The number of aromatic nitrogens is 2. The molecule has 0 saturated heterocycles. The summed E-state index contributed by atoms with van der Waals surface area (Å²) >= 11 is 5.54. The van der Waals surface area contributed by atoms with Gasteiger partial charge in [0.25, 0.3) is 0 Å². The van der Waals surface area contributed by atoms with E-state index >= 15 is 0 Å². The SMILES string of the molecule is Cc1cc(COc2cccc(C#CCCl)c2)n(C)n1. The molecular formula is C15H15ClN2O. The number of alkyl halides is 1. The van der Waals surface area contributed by atoms with E-state index in [4.69, 9.17) is 16.3 Å². The van der Waals surface area contributed by atoms with Gasteiger partial charge in [0.15, 0.2) is 0 Å². The van der Waals surface area contributed by atoms with Gasteiger partial charge in [0.2, 0.25) is 0 Å². The summed E-state index contributed by atoms with van der Waals surface area (Å²) in [6.45, 7) is 2.45. The van der Waals surface area contributed by atoms with Crippen LogP contribution in [0.15, 0.2) is 30.3 Å². The van der Waals surface area contributed by atoms with Crippen LogP contribution in [0.2, 0.25) is 0 Å². The van der Waals surface area contributed by atoms with Crippen molar-refractivity contribution in [2.75, 3.05) is 5.88 Å². The van der Waals surface area contributed by atoms with E-state index in [0.29, 0.717) is 12.5 Å². The molecule has 0 aliphatic heterocycles. The Morgan fingerprint density at radius 3 is 2.89 bits per heavy atom. The third-order valence-corrected chi connectivity index (χ3v) is 2.75. The largest absolute Gasteiger partial charge is 0.487 e. The highest BCUT2D eigenvalue weighted by atomic mass is 35.5. The van der Waals surface area contributed by atoms with Crippen LogP contribution in [0, 0.1) is 18.8 Å². The summed E-state index contributed by atoms with van der Waals surface area (Å²) in [5, 5.41) is 4.28. The van der Waals surface area contributed by atoms with Gasteiger partial charge < -0.3 is 4.74 Å². The van der Waals surface area contributed by atoms with Crippen molar-refractivity contribution in [1.82, 2.24) is 9.78 Å². The van der Waals surface area contributed by atoms with Gasteiger partial charge in [-0.25, -0.2) is 0 Å². The predicted octanol–water partition coefficient (Wildman–Crippen LogP) is 2.90. The number of aryl methyl sites for hydroxylation is 2. The number of hydrogen-bond donors (Lipinski definition) is 0. The summed E-state index contributed by atoms with van der Waals surface area (Å²) in [6, 6.07) is 9.68. The van der Waals surface area contributed by atoms with Gasteiger partial charge in [-0.05, 0) is 31.2 Å². The average Bonchev–Trinajstić information content (AvgIpc) is 2.73. The number of halogens is 1. The lowest BCUT2D eigenvalue weighted by atomic mass is 10.2. The van der Waals surface area contributed by atoms with Crippen molar-refractivity contribution in [3.8, 4) is 17.6 Å². The quantitative estimate of drug-likeness (QED) is 0.636. The maximum Gasteiger partial charge on any atom is 0.130 e. The van der Waals surface area contributed by atoms with Crippen LogP contribution in [0.1, 0.15) is 17.0 Å². The molecule has 0 spiro atoms. The van der Waals surface area contributed by atoms with E-state index in [-0.39, 0.29) is 0 Å². The maximum atomic E-state index is 5.75. The Morgan fingerprint density at radius 2 is 2.21 bits per heavy atom. The van der Waals surface area contributed by atoms with Gasteiger partial charge in [0.1, 0.15) is 12.4 Å². The zero-order valence-electron chi connectivity index (χ0n) is 11.0. The van der Waals surface area contributed by atoms with Crippen LogP contribution in [0.3, 0.4) is 0 Å². The third kappa shape index (κ3) is 3.77. The summed E-state index contributed by atoms with van der Waals surface area (Å²) in [5.41, 5.74) is 2.93. The first-order chi connectivity index (χ1) is 9.19. The molecular weight excluding hydrogens is 260 g/mol. The molecule has 0 radical (unpaired) electrons. The summed E-state index contributed by atoms with van der Waals surface area (Å²) in [6.07, 6.45) is 0. The monoisotopic (exact) mass is 274 g/mol. The number of hydrogen-bond acceptors (Lipinski definition) is 2. The van der Waals surface area contributed by atoms with Crippen molar-refractivity contribution in [3.63, 3.8) is 0 Å². The standard InChI is InChI=1S/C15H15ClN2O/c1-12-9-14(18(2)17-12)11-19-15-7-3-5-13(10-15)6-4-8-16/h3,5,7,9-10H,8,11H2,1-2H3. The van der Waals surface area contributed by atoms with Crippen molar-refractivity contribution in [2.45, 2.75) is 13.5 Å². The molecule has 1 aromatic heterocycles. The minimum absolute atomic E-state index is 0.333. The lowest BCUT2D eigenvalue weighted by Gasteiger charge is -2.06. The molecule has 3 nitrogen and oxygen atoms in total. The number of nitrogens with zero attached hydrogens (tertiary/aromatic N) is 2. The fraction of sp³-hybridized carbons (Fsp3) is 0.267. The Kier molecular flexibility index (Phi) is 4.48. The fourth-order valence-corrected chi connectivity index (χ4v) is 1.82. The van der Waals surface area contributed by atoms with Gasteiger partial charge in [0, 0.05) is 12.6 Å². The summed E-state index contributed by atoms with van der Waals surface area (Å²) in [7, 11) is 1.91. The fourth-order valence-electron chi connectivity index (χ4n) is 1.76. The van der Waals surface area contributed by atoms with Gasteiger partial charge in [-0.3, -0.25) is 4.68 Å². The minimum atomic E-state index is 0.333. The van der Waals surface area contributed by atoms with Crippen LogP contribution < -0.4 is 4.74 Å². The molecule has 2 aromatic rings. The van der Waals surface area contributed by atoms with Crippen LogP contribution in [0.25, 0.3) is 0 Å². The van der Waals surface area contributed by atoms with Crippen molar-refractivity contribution >= 4 is 11.6 Å². The molecule has 2 rings (SSSR count). The second-order valence-corrected chi connectivity index (χ2v) is 4.42. The first-order valence-electron chi connectivity index (χ1n) is 5.96. The van der Waals surface area contributed by atoms with Crippen LogP contribution in [-0.2, 0) is 13.7 Å². The smallest absolute Gasteiger partial charge is 0.130 e. The van der Waals surface area contributed by atoms with E-state index in [9.17, 15) is 0 Å². The highest BCUT2D eigenvalue weighted by molar-refractivity contribution is 6.19. The summed E-state index contributed by atoms with van der Waals surface area (Å²) in [4.78, 5) is 0. The minimum Gasteiger partial charge on any atom is -0.487 e. The molecule has 0 amide bonds. The molecule has 0 aliphatic rings. The second kappa shape index (κ2) is 6.31. The highest BCUT2D eigenvalue weighted by Gasteiger charge is 2.03. The Balaban J connectivity index is 2.05. The van der Waals surface area contributed by atoms with Gasteiger partial charge in [-0.1, -0.05) is 17.9 Å². The first kappa shape index (κ1) is 13.5. The van der Waals surface area contributed by atoms with Crippen LogP contribution in [0.4, 0.5) is 0 Å². The molecule has 0 bridgehead atoms. The van der Waals surface area contributed by atoms with E-state index < -0.39 is 0 Å². The van der Waals surface area contributed by atoms with Crippen molar-refractivity contribution < 1.29 is 4.74 Å². The average molecular weight is 275 g/mol. The molecule has 0 fully saturated rings. The third-order valence-electron chi connectivity index (χ3n) is 2.62. The zero-order valence-corrected chi connectivity index (χ0v) is 11.7. The normalized spacial score (nSPS) is 9.84. The van der Waals surface area contributed by atoms with Gasteiger partial charge >= 0.3 is 0 Å². The molecule has 98 valence electrons. The Labute approximate surface area is 118 Å². The number of rotatable bonds is 3. The molecule has 0 saturated carbocycles. The number of benzene rings is 1. The van der Waals surface area contributed by atoms with Crippen LogP contribution >= 0.6 is 11.6 Å². The van der Waals surface area contributed by atoms with E-state index in [2.05, 4.69) is 16.9 Å². The highest BCUT2D eigenvalue weighted by Crippen LogP contribution is 2.15. The van der Waals surface area contributed by atoms with Gasteiger partial charge in [-0.2, -0.15) is 5.10 Å². The molecule has 0 N–H and O–H groups in total. The molecule has 1 heterocycles. The number of ether oxygens (including phenoxy) is 1. The van der Waals surface area contributed by atoms with Crippen molar-refractivity contribution in [1.29, 1.82) is 0 Å². The Bertz CT molecular complexity index is 623. The Morgan fingerprint density at radius 1 is 1.37 bits per heavy atom. The molecule has 4 heteroatoms. The molecule has 0 aliphatic carbocycles. The summed E-state index contributed by atoms with van der Waals surface area (Å²) in [5.74, 6) is 6.92. The van der Waals surface area contributed by atoms with E-state index in [1.54, 1.807) is 0 Å². The molecule has 0 atom stereocenters. The van der Waals surface area contributed by atoms with Gasteiger partial charge in [-0.15, -0.1) is 11.6 Å². The molecule has 1 aromatic carbocycles. The lowest BCUT2D eigenvalue weighted by Crippen LogP contribution is -2.03. The maximum absolute atomic E-state index is 5.75.